The summed E-state index contributed by atoms with van der Waals surface area (Å²) in [5.74, 6) is -0.164. The van der Waals surface area contributed by atoms with Gasteiger partial charge in [0.15, 0.2) is 6.61 Å². The number of nitrogens with one attached hydrogen (secondary N) is 1. The first-order valence-electron chi connectivity index (χ1n) is 7.87. The highest BCUT2D eigenvalue weighted by Gasteiger charge is 2.17. The van der Waals surface area contributed by atoms with Crippen LogP contribution in [0.4, 0.5) is 5.69 Å². The second-order valence-electron chi connectivity index (χ2n) is 5.95. The average Bonchev–Trinajstić information content (AvgIpc) is 3.04. The van der Waals surface area contributed by atoms with E-state index in [4.69, 9.17) is 27.9 Å². The van der Waals surface area contributed by atoms with Crippen molar-refractivity contribution < 1.29 is 14.3 Å². The largest absolute Gasteiger partial charge is 0.456 e. The zero-order valence-corrected chi connectivity index (χ0v) is 14.7. The molecule has 0 spiro atoms. The topological polar surface area (TPSA) is 55.4 Å². The lowest BCUT2D eigenvalue weighted by Crippen LogP contribution is -2.21. The summed E-state index contributed by atoms with van der Waals surface area (Å²) in [6.07, 6.45) is 6.09. The Hall–Kier alpha value is -1.26. The normalized spacial score (nSPS) is 14.7. The molecule has 0 aliphatic heterocycles. The molecule has 4 nitrogen and oxygen atoms in total. The van der Waals surface area contributed by atoms with Gasteiger partial charge in [0, 0.05) is 6.42 Å². The van der Waals surface area contributed by atoms with Gasteiger partial charge in [0.05, 0.1) is 15.7 Å². The highest BCUT2D eigenvalue weighted by Crippen LogP contribution is 2.32. The number of aryl methyl sites for hydroxylation is 1. The van der Waals surface area contributed by atoms with Crippen LogP contribution in [0.15, 0.2) is 12.1 Å². The van der Waals surface area contributed by atoms with Crippen LogP contribution in [-0.4, -0.2) is 18.5 Å². The summed E-state index contributed by atoms with van der Waals surface area (Å²) in [6.45, 7) is 1.49. The van der Waals surface area contributed by atoms with E-state index >= 15 is 0 Å². The molecule has 0 bridgehead atoms. The maximum absolute atomic E-state index is 11.9. The second kappa shape index (κ2) is 8.55. The summed E-state index contributed by atoms with van der Waals surface area (Å²) >= 11 is 12.1. The molecule has 1 saturated carbocycles. The van der Waals surface area contributed by atoms with Crippen molar-refractivity contribution in [1.29, 1.82) is 0 Å². The predicted molar refractivity (Wildman–Crippen MR) is 92.0 cm³/mol. The van der Waals surface area contributed by atoms with E-state index in [1.54, 1.807) is 12.1 Å². The first-order valence-corrected chi connectivity index (χ1v) is 8.63. The summed E-state index contributed by atoms with van der Waals surface area (Å²) in [7, 11) is 0. The number of carbonyl (C=O) groups excluding carboxylic acids is 2. The molecule has 1 aromatic rings. The second-order valence-corrected chi connectivity index (χ2v) is 6.74. The van der Waals surface area contributed by atoms with Gasteiger partial charge in [-0.3, -0.25) is 9.59 Å². The van der Waals surface area contributed by atoms with E-state index in [-0.39, 0.29) is 12.6 Å². The average molecular weight is 358 g/mol. The van der Waals surface area contributed by atoms with Crippen molar-refractivity contribution in [1.82, 2.24) is 0 Å². The maximum atomic E-state index is 11.9. The third kappa shape index (κ3) is 5.40. The van der Waals surface area contributed by atoms with Gasteiger partial charge in [0.1, 0.15) is 0 Å². The summed E-state index contributed by atoms with van der Waals surface area (Å²) in [5, 5.41) is 3.33. The Morgan fingerprint density at radius 2 is 1.96 bits per heavy atom. The molecule has 2 rings (SSSR count). The molecule has 0 radical (unpaired) electrons. The lowest BCUT2D eigenvalue weighted by atomic mass is 10.0. The van der Waals surface area contributed by atoms with Gasteiger partial charge in [-0.15, -0.1) is 0 Å². The van der Waals surface area contributed by atoms with Crippen molar-refractivity contribution >= 4 is 40.8 Å². The Kier molecular flexibility index (Phi) is 6.72. The van der Waals surface area contributed by atoms with Crippen molar-refractivity contribution in [3.8, 4) is 0 Å². The Morgan fingerprint density at radius 3 is 2.65 bits per heavy atom. The van der Waals surface area contributed by atoms with E-state index in [9.17, 15) is 9.59 Å². The van der Waals surface area contributed by atoms with Crippen LogP contribution >= 0.6 is 23.2 Å². The predicted octanol–water partition coefficient (Wildman–Crippen LogP) is 4.75. The SMILES string of the molecule is Cc1ccc(Cl)c(NC(=O)COC(=O)CCC2CCCC2)c1Cl. The van der Waals surface area contributed by atoms with E-state index in [1.165, 1.54) is 25.7 Å². The highest BCUT2D eigenvalue weighted by molar-refractivity contribution is 6.40. The lowest BCUT2D eigenvalue weighted by molar-refractivity contribution is -0.147. The number of hydrogen-bond acceptors (Lipinski definition) is 3. The van der Waals surface area contributed by atoms with E-state index < -0.39 is 5.91 Å². The number of ether oxygens (including phenoxy) is 1. The first kappa shape index (κ1) is 18.1. The molecule has 0 saturated heterocycles. The molecule has 0 unspecified atom stereocenters. The number of rotatable bonds is 6. The van der Waals surface area contributed by atoms with Crippen LogP contribution in [0.1, 0.15) is 44.1 Å². The van der Waals surface area contributed by atoms with Gasteiger partial charge in [0.25, 0.3) is 5.91 Å². The van der Waals surface area contributed by atoms with Crippen LogP contribution in [0.25, 0.3) is 0 Å². The van der Waals surface area contributed by atoms with Gasteiger partial charge in [-0.25, -0.2) is 0 Å². The van der Waals surface area contributed by atoms with Gasteiger partial charge in [0.2, 0.25) is 0 Å². The number of benzene rings is 1. The summed E-state index contributed by atoms with van der Waals surface area (Å²) in [4.78, 5) is 23.6. The molecular formula is C17H21Cl2NO3. The number of anilines is 1. The van der Waals surface area contributed by atoms with Crippen LogP contribution in [0.5, 0.6) is 0 Å². The standard InChI is InChI=1S/C17H21Cl2NO3/c1-11-6-8-13(18)17(16(11)19)20-14(21)10-23-15(22)9-7-12-4-2-3-5-12/h6,8,12H,2-5,7,9-10H2,1H3,(H,20,21). The van der Waals surface area contributed by atoms with Gasteiger partial charge in [-0.1, -0.05) is 55.0 Å². The first-order chi connectivity index (χ1) is 11.0. The molecule has 1 N–H and O–H groups in total. The van der Waals surface area contributed by atoms with E-state index in [1.807, 2.05) is 6.92 Å². The van der Waals surface area contributed by atoms with Crippen LogP contribution < -0.4 is 5.32 Å². The third-order valence-corrected chi connectivity index (χ3v) is 4.95. The number of amides is 1. The van der Waals surface area contributed by atoms with Crippen molar-refractivity contribution in [2.75, 3.05) is 11.9 Å². The van der Waals surface area contributed by atoms with E-state index in [0.29, 0.717) is 28.1 Å². The molecule has 126 valence electrons. The van der Waals surface area contributed by atoms with E-state index in [0.717, 1.165) is 12.0 Å². The fourth-order valence-corrected chi connectivity index (χ4v) is 3.25. The smallest absolute Gasteiger partial charge is 0.306 e. The molecule has 0 atom stereocenters. The molecule has 23 heavy (non-hydrogen) atoms. The summed E-state index contributed by atoms with van der Waals surface area (Å²) < 4.78 is 5.01. The molecule has 1 fully saturated rings. The van der Waals surface area contributed by atoms with Crippen molar-refractivity contribution in [2.45, 2.75) is 45.4 Å². The molecule has 1 amide bonds. The number of halogens is 2. The van der Waals surface area contributed by atoms with Gasteiger partial charge in [-0.2, -0.15) is 0 Å². The quantitative estimate of drug-likeness (QED) is 0.747. The zero-order chi connectivity index (χ0) is 16.8. The number of hydrogen-bond donors (Lipinski definition) is 1. The number of carbonyl (C=O) groups is 2. The molecule has 0 heterocycles. The monoisotopic (exact) mass is 357 g/mol. The number of esters is 1. The Morgan fingerprint density at radius 1 is 1.26 bits per heavy atom. The molecular weight excluding hydrogens is 337 g/mol. The van der Waals surface area contributed by atoms with Gasteiger partial charge in [-0.05, 0) is 30.9 Å². The molecule has 0 aromatic heterocycles. The minimum atomic E-state index is -0.450. The highest BCUT2D eigenvalue weighted by atomic mass is 35.5. The Bertz CT molecular complexity index is 583. The minimum Gasteiger partial charge on any atom is -0.456 e. The van der Waals surface area contributed by atoms with Crippen LogP contribution in [-0.2, 0) is 14.3 Å². The van der Waals surface area contributed by atoms with Crippen LogP contribution in [0.2, 0.25) is 10.0 Å². The van der Waals surface area contributed by atoms with Gasteiger partial charge >= 0.3 is 5.97 Å². The lowest BCUT2D eigenvalue weighted by Gasteiger charge is -2.12. The molecule has 1 aromatic carbocycles. The summed E-state index contributed by atoms with van der Waals surface area (Å²) in [5.41, 5.74) is 1.15. The Labute approximate surface area is 146 Å². The molecule has 1 aliphatic carbocycles. The van der Waals surface area contributed by atoms with E-state index in [2.05, 4.69) is 5.32 Å². The van der Waals surface area contributed by atoms with Crippen molar-refractivity contribution in [2.24, 2.45) is 5.92 Å². The van der Waals surface area contributed by atoms with Gasteiger partial charge < -0.3 is 10.1 Å². The minimum absolute atomic E-state index is 0.329. The third-order valence-electron chi connectivity index (χ3n) is 4.14. The maximum Gasteiger partial charge on any atom is 0.306 e. The fourth-order valence-electron chi connectivity index (χ4n) is 2.79. The molecule has 1 aliphatic rings. The fraction of sp³-hybridized carbons (Fsp3) is 0.529. The van der Waals surface area contributed by atoms with Crippen LogP contribution in [0.3, 0.4) is 0 Å². The Balaban J connectivity index is 1.76. The van der Waals surface area contributed by atoms with Crippen molar-refractivity contribution in [3.63, 3.8) is 0 Å². The van der Waals surface area contributed by atoms with Crippen LogP contribution in [0, 0.1) is 12.8 Å². The zero-order valence-electron chi connectivity index (χ0n) is 13.2. The molecule has 6 heteroatoms. The van der Waals surface area contributed by atoms with Crippen molar-refractivity contribution in [3.05, 3.63) is 27.7 Å². The summed E-state index contributed by atoms with van der Waals surface area (Å²) in [6, 6.07) is 3.43.